The molecule has 0 N–H and O–H groups in total. The summed E-state index contributed by atoms with van der Waals surface area (Å²) in [6.07, 6.45) is -1.16. The molecular formula is C30H18F8O. The van der Waals surface area contributed by atoms with Gasteiger partial charge in [0.2, 0.25) is 0 Å². The molecule has 4 aromatic rings. The summed E-state index contributed by atoms with van der Waals surface area (Å²) in [4.78, 5) is 0. The predicted molar refractivity (Wildman–Crippen MR) is 129 cm³/mol. The Kier molecular flexibility index (Phi) is 6.70. The second-order valence-electron chi connectivity index (χ2n) is 9.22. The second-order valence-corrected chi connectivity index (χ2v) is 9.22. The van der Waals surface area contributed by atoms with E-state index in [9.17, 15) is 30.7 Å². The zero-order valence-corrected chi connectivity index (χ0v) is 20.0. The summed E-state index contributed by atoms with van der Waals surface area (Å²) >= 11 is 0. The molecule has 0 radical (unpaired) electrons. The zero-order valence-electron chi connectivity index (χ0n) is 20.0. The quantitative estimate of drug-likeness (QED) is 0.133. The van der Waals surface area contributed by atoms with E-state index >= 15 is 4.39 Å². The van der Waals surface area contributed by atoms with E-state index in [0.29, 0.717) is 23.6 Å². The van der Waals surface area contributed by atoms with Crippen LogP contribution in [-0.2, 0) is 19.0 Å². The van der Waals surface area contributed by atoms with Crippen LogP contribution in [0.5, 0.6) is 5.75 Å². The van der Waals surface area contributed by atoms with Gasteiger partial charge in [-0.05, 0) is 64.8 Å². The first-order valence-electron chi connectivity index (χ1n) is 11.7. The number of rotatable bonds is 6. The normalized spacial score (nSPS) is 14.8. The third-order valence-corrected chi connectivity index (χ3v) is 6.65. The van der Waals surface area contributed by atoms with Crippen LogP contribution >= 0.6 is 0 Å². The summed E-state index contributed by atoms with van der Waals surface area (Å²) in [7, 11) is 0. The summed E-state index contributed by atoms with van der Waals surface area (Å²) < 4.78 is 118. The van der Waals surface area contributed by atoms with Gasteiger partial charge in [-0.2, -0.15) is 8.78 Å². The molecule has 1 aliphatic rings. The van der Waals surface area contributed by atoms with Gasteiger partial charge in [-0.25, -0.2) is 26.3 Å². The fraction of sp³-hybridized carbons (Fsp3) is 0.133. The van der Waals surface area contributed by atoms with Gasteiger partial charge < -0.3 is 4.74 Å². The standard InChI is InChI=1S/C30H18F8O/c1-2-15-7-16-3-4-17(9-19(16)8-15)18-5-6-22(23(31)10-18)20-11-24(32)28(25(33)12-20)30(37,38)39-21-13-26(34)29(36)27(35)14-21/h2-6,9-15H,1,7-8H2. The SMILES string of the molecule is C=CC1Cc2ccc(-c3ccc(-c4cc(F)c(C(F)(F)Oc5cc(F)c(F)c(F)c5)c(F)c4)c(F)c3)cc2C1. The van der Waals surface area contributed by atoms with Crippen molar-refractivity contribution in [3.05, 3.63) is 125 Å². The molecule has 0 heterocycles. The number of alkyl halides is 2. The molecule has 0 saturated heterocycles. The fourth-order valence-electron chi connectivity index (χ4n) is 4.72. The van der Waals surface area contributed by atoms with E-state index in [4.69, 9.17) is 0 Å². The number of ether oxygens (including phenoxy) is 1. The molecule has 0 bridgehead atoms. The molecule has 0 amide bonds. The van der Waals surface area contributed by atoms with Gasteiger partial charge in [-0.3, -0.25) is 0 Å². The minimum absolute atomic E-state index is 0.103. The maximum absolute atomic E-state index is 15.1. The number of fused-ring (bicyclic) bond motifs is 1. The van der Waals surface area contributed by atoms with Crippen molar-refractivity contribution < 1.29 is 39.9 Å². The Labute approximate surface area is 218 Å². The van der Waals surface area contributed by atoms with Crippen LogP contribution in [0.2, 0.25) is 0 Å². The fourth-order valence-corrected chi connectivity index (χ4v) is 4.72. The molecule has 0 aliphatic heterocycles. The van der Waals surface area contributed by atoms with Crippen LogP contribution < -0.4 is 4.74 Å². The topological polar surface area (TPSA) is 9.23 Å². The summed E-state index contributed by atoms with van der Waals surface area (Å²) in [6, 6.07) is 10.9. The van der Waals surface area contributed by atoms with Crippen molar-refractivity contribution in [1.29, 1.82) is 0 Å². The van der Waals surface area contributed by atoms with E-state index in [-0.39, 0.29) is 23.3 Å². The molecule has 0 fully saturated rings. The van der Waals surface area contributed by atoms with Gasteiger partial charge in [0.05, 0.1) is 0 Å². The van der Waals surface area contributed by atoms with E-state index in [1.54, 1.807) is 6.07 Å². The van der Waals surface area contributed by atoms with Crippen LogP contribution in [0.3, 0.4) is 0 Å². The number of hydrogen-bond donors (Lipinski definition) is 0. The molecule has 0 saturated carbocycles. The zero-order chi connectivity index (χ0) is 28.1. The lowest BCUT2D eigenvalue weighted by Crippen LogP contribution is -2.25. The van der Waals surface area contributed by atoms with Crippen LogP contribution in [0.1, 0.15) is 16.7 Å². The molecule has 0 spiro atoms. The maximum Gasteiger partial charge on any atom is 0.432 e. The number of benzene rings is 4. The molecular weight excluding hydrogens is 528 g/mol. The lowest BCUT2D eigenvalue weighted by molar-refractivity contribution is -0.189. The largest absolute Gasteiger partial charge is 0.432 e. The Bertz CT molecular complexity index is 1570. The van der Waals surface area contributed by atoms with Gasteiger partial charge in [0.25, 0.3) is 0 Å². The van der Waals surface area contributed by atoms with E-state index in [1.165, 1.54) is 17.7 Å². The average Bonchev–Trinajstić information content (AvgIpc) is 3.29. The van der Waals surface area contributed by atoms with Crippen molar-refractivity contribution in [2.75, 3.05) is 0 Å². The molecule has 1 nitrogen and oxygen atoms in total. The Balaban J connectivity index is 1.44. The summed E-state index contributed by atoms with van der Waals surface area (Å²) in [5.41, 5.74) is 1.07. The first kappa shape index (κ1) is 26.5. The minimum atomic E-state index is -4.75. The monoisotopic (exact) mass is 546 g/mol. The van der Waals surface area contributed by atoms with E-state index in [2.05, 4.69) is 11.3 Å². The van der Waals surface area contributed by atoms with Gasteiger partial charge in [0, 0.05) is 17.7 Å². The van der Waals surface area contributed by atoms with E-state index in [0.717, 1.165) is 24.0 Å². The Morgan fingerprint density at radius 2 is 1.23 bits per heavy atom. The maximum atomic E-state index is 15.1. The third-order valence-electron chi connectivity index (χ3n) is 6.65. The molecule has 39 heavy (non-hydrogen) atoms. The predicted octanol–water partition coefficient (Wildman–Crippen LogP) is 8.88. The molecule has 5 rings (SSSR count). The second kappa shape index (κ2) is 9.87. The molecule has 1 atom stereocenters. The minimum Gasteiger partial charge on any atom is -0.429 e. The third kappa shape index (κ3) is 5.01. The van der Waals surface area contributed by atoms with Gasteiger partial charge in [-0.1, -0.05) is 36.4 Å². The van der Waals surface area contributed by atoms with Crippen molar-refractivity contribution >= 4 is 0 Å². The first-order valence-corrected chi connectivity index (χ1v) is 11.7. The molecule has 0 aromatic heterocycles. The van der Waals surface area contributed by atoms with Gasteiger partial charge in [0.1, 0.15) is 28.8 Å². The lowest BCUT2D eigenvalue weighted by atomic mass is 9.96. The average molecular weight is 546 g/mol. The van der Waals surface area contributed by atoms with E-state index in [1.807, 2.05) is 24.3 Å². The van der Waals surface area contributed by atoms with Crippen molar-refractivity contribution in [3.8, 4) is 28.0 Å². The van der Waals surface area contributed by atoms with Crippen molar-refractivity contribution in [1.82, 2.24) is 0 Å². The number of allylic oxidation sites excluding steroid dienone is 1. The highest BCUT2D eigenvalue weighted by Gasteiger charge is 2.41. The molecule has 4 aromatic carbocycles. The molecule has 1 aliphatic carbocycles. The smallest absolute Gasteiger partial charge is 0.429 e. The first-order chi connectivity index (χ1) is 18.5. The number of halogens is 8. The van der Waals surface area contributed by atoms with Gasteiger partial charge >= 0.3 is 6.11 Å². The van der Waals surface area contributed by atoms with Crippen LogP contribution in [0.15, 0.2) is 73.3 Å². The summed E-state index contributed by atoms with van der Waals surface area (Å²) in [6.45, 7) is 3.82. The summed E-state index contributed by atoms with van der Waals surface area (Å²) in [5.74, 6) is -10.9. The number of hydrogen-bond acceptors (Lipinski definition) is 1. The highest BCUT2D eigenvalue weighted by Crippen LogP contribution is 2.39. The molecule has 200 valence electrons. The van der Waals surface area contributed by atoms with E-state index < -0.39 is 52.3 Å². The lowest BCUT2D eigenvalue weighted by Gasteiger charge is -2.20. The molecule has 1 unspecified atom stereocenters. The van der Waals surface area contributed by atoms with Crippen LogP contribution in [0, 0.1) is 40.8 Å². The highest BCUT2D eigenvalue weighted by molar-refractivity contribution is 5.72. The van der Waals surface area contributed by atoms with Crippen LogP contribution in [0.4, 0.5) is 35.1 Å². The van der Waals surface area contributed by atoms with Gasteiger partial charge in [-0.15, -0.1) is 6.58 Å². The molecule has 9 heteroatoms. The van der Waals surface area contributed by atoms with Crippen LogP contribution in [-0.4, -0.2) is 0 Å². The Hall–Kier alpha value is -4.14. The highest BCUT2D eigenvalue weighted by atomic mass is 19.3. The summed E-state index contributed by atoms with van der Waals surface area (Å²) in [5, 5.41) is 0. The van der Waals surface area contributed by atoms with Gasteiger partial charge in [0.15, 0.2) is 17.5 Å². The van der Waals surface area contributed by atoms with Crippen molar-refractivity contribution in [2.24, 2.45) is 5.92 Å². The van der Waals surface area contributed by atoms with Crippen LogP contribution in [0.25, 0.3) is 22.3 Å². The Morgan fingerprint density at radius 1 is 0.667 bits per heavy atom. The van der Waals surface area contributed by atoms with Crippen molar-refractivity contribution in [2.45, 2.75) is 19.0 Å². The van der Waals surface area contributed by atoms with Crippen molar-refractivity contribution in [3.63, 3.8) is 0 Å². The Morgan fingerprint density at radius 3 is 1.85 bits per heavy atom.